The summed E-state index contributed by atoms with van der Waals surface area (Å²) in [6.07, 6.45) is 2.75. The van der Waals surface area contributed by atoms with Crippen molar-refractivity contribution in [3.63, 3.8) is 0 Å². The van der Waals surface area contributed by atoms with Crippen LogP contribution in [0, 0.1) is 6.92 Å². The van der Waals surface area contributed by atoms with E-state index in [1.165, 1.54) is 4.57 Å². The largest absolute Gasteiger partial charge is 0.394 e. The molecule has 0 aliphatic heterocycles. The first-order valence-corrected chi connectivity index (χ1v) is 6.11. The Balaban J connectivity index is 2.56. The Morgan fingerprint density at radius 2 is 2.22 bits per heavy atom. The van der Waals surface area contributed by atoms with Crippen LogP contribution in [0.15, 0.2) is 15.8 Å². The van der Waals surface area contributed by atoms with E-state index >= 15 is 0 Å². The SMILES string of the molecule is CCO[C@H](CO)CCCn1cc(C)c(=O)[nH]c1=O. The molecule has 2 N–H and O–H groups in total. The smallest absolute Gasteiger partial charge is 0.328 e. The number of nitrogens with one attached hydrogen (secondary N) is 1. The second kappa shape index (κ2) is 7.13. The highest BCUT2D eigenvalue weighted by Crippen LogP contribution is 2.03. The third kappa shape index (κ3) is 4.12. The molecule has 0 saturated carbocycles. The number of aryl methyl sites for hydroxylation is 2. The third-order valence-electron chi connectivity index (χ3n) is 2.72. The second-order valence-electron chi connectivity index (χ2n) is 4.17. The minimum Gasteiger partial charge on any atom is -0.394 e. The van der Waals surface area contributed by atoms with Crippen molar-refractivity contribution in [3.05, 3.63) is 32.6 Å². The number of rotatable bonds is 7. The fourth-order valence-electron chi connectivity index (χ4n) is 1.74. The molecule has 102 valence electrons. The molecule has 0 aliphatic rings. The molecule has 6 nitrogen and oxygen atoms in total. The van der Waals surface area contributed by atoms with Crippen molar-refractivity contribution in [3.8, 4) is 0 Å². The topological polar surface area (TPSA) is 84.3 Å². The maximum atomic E-state index is 11.5. The molecule has 0 unspecified atom stereocenters. The van der Waals surface area contributed by atoms with E-state index in [1.54, 1.807) is 13.1 Å². The highest BCUT2D eigenvalue weighted by atomic mass is 16.5. The summed E-state index contributed by atoms with van der Waals surface area (Å²) in [6.45, 7) is 4.57. The van der Waals surface area contributed by atoms with E-state index in [2.05, 4.69) is 4.98 Å². The lowest BCUT2D eigenvalue weighted by Crippen LogP contribution is -2.31. The first kappa shape index (κ1) is 14.7. The summed E-state index contributed by atoms with van der Waals surface area (Å²) >= 11 is 0. The second-order valence-corrected chi connectivity index (χ2v) is 4.17. The molecule has 6 heteroatoms. The van der Waals surface area contributed by atoms with Crippen molar-refractivity contribution in [1.29, 1.82) is 0 Å². The van der Waals surface area contributed by atoms with Gasteiger partial charge in [0.25, 0.3) is 5.56 Å². The first-order valence-electron chi connectivity index (χ1n) is 6.11. The van der Waals surface area contributed by atoms with Gasteiger partial charge in [-0.3, -0.25) is 9.78 Å². The van der Waals surface area contributed by atoms with Gasteiger partial charge in [0.2, 0.25) is 0 Å². The van der Waals surface area contributed by atoms with Crippen LogP contribution in [0.4, 0.5) is 0 Å². The molecule has 0 spiro atoms. The van der Waals surface area contributed by atoms with Crippen LogP contribution in [-0.4, -0.2) is 34.0 Å². The van der Waals surface area contributed by atoms with Crippen molar-refractivity contribution >= 4 is 0 Å². The summed E-state index contributed by atoms with van der Waals surface area (Å²) in [5.41, 5.74) is -0.237. The minimum absolute atomic E-state index is 0.0204. The summed E-state index contributed by atoms with van der Waals surface area (Å²) in [4.78, 5) is 24.9. The third-order valence-corrected chi connectivity index (χ3v) is 2.72. The van der Waals surface area contributed by atoms with Crippen LogP contribution in [0.3, 0.4) is 0 Å². The molecule has 0 amide bonds. The summed E-state index contributed by atoms with van der Waals surface area (Å²) in [5.74, 6) is 0. The number of H-pyrrole nitrogens is 1. The molecular weight excluding hydrogens is 236 g/mol. The van der Waals surface area contributed by atoms with Crippen LogP contribution in [-0.2, 0) is 11.3 Å². The molecule has 0 fully saturated rings. The van der Waals surface area contributed by atoms with Gasteiger partial charge >= 0.3 is 5.69 Å². The normalized spacial score (nSPS) is 12.6. The molecular formula is C12H20N2O4. The number of aromatic nitrogens is 2. The zero-order valence-corrected chi connectivity index (χ0v) is 10.8. The van der Waals surface area contributed by atoms with Crippen molar-refractivity contribution in [1.82, 2.24) is 9.55 Å². The lowest BCUT2D eigenvalue weighted by Gasteiger charge is -2.14. The van der Waals surface area contributed by atoms with Crippen LogP contribution in [0.1, 0.15) is 25.3 Å². The zero-order chi connectivity index (χ0) is 13.5. The van der Waals surface area contributed by atoms with Crippen molar-refractivity contribution in [2.45, 2.75) is 39.3 Å². The van der Waals surface area contributed by atoms with E-state index in [0.717, 1.165) is 0 Å². The molecule has 0 radical (unpaired) electrons. The monoisotopic (exact) mass is 256 g/mol. The van der Waals surface area contributed by atoms with E-state index in [0.29, 0.717) is 31.6 Å². The van der Waals surface area contributed by atoms with E-state index < -0.39 is 5.69 Å². The zero-order valence-electron chi connectivity index (χ0n) is 10.8. The van der Waals surface area contributed by atoms with Gasteiger partial charge in [0.15, 0.2) is 0 Å². The molecule has 1 atom stereocenters. The molecule has 0 aromatic carbocycles. The Kier molecular flexibility index (Phi) is 5.80. The quantitative estimate of drug-likeness (QED) is 0.720. The lowest BCUT2D eigenvalue weighted by atomic mass is 10.2. The number of ether oxygens (including phenoxy) is 1. The molecule has 1 aromatic rings. The van der Waals surface area contributed by atoms with Crippen molar-refractivity contribution in [2.24, 2.45) is 0 Å². The number of aliphatic hydroxyl groups is 1. The Morgan fingerprint density at radius 3 is 2.83 bits per heavy atom. The van der Waals surface area contributed by atoms with Gasteiger partial charge in [0.1, 0.15) is 0 Å². The molecule has 18 heavy (non-hydrogen) atoms. The summed E-state index contributed by atoms with van der Waals surface area (Å²) < 4.78 is 6.78. The number of hydrogen-bond acceptors (Lipinski definition) is 4. The molecule has 0 aliphatic carbocycles. The standard InChI is InChI=1S/C12H20N2O4/c1-3-18-10(8-15)5-4-6-14-7-9(2)11(16)13-12(14)17/h7,10,15H,3-6,8H2,1-2H3,(H,13,16,17)/t10-/m0/s1. The summed E-state index contributed by atoms with van der Waals surface area (Å²) in [6, 6.07) is 0. The molecule has 0 bridgehead atoms. The number of aromatic amines is 1. The van der Waals surface area contributed by atoms with Crippen LogP contribution >= 0.6 is 0 Å². The van der Waals surface area contributed by atoms with Gasteiger partial charge in [-0.2, -0.15) is 0 Å². The summed E-state index contributed by atoms with van der Waals surface area (Å²) in [7, 11) is 0. The maximum Gasteiger partial charge on any atom is 0.328 e. The van der Waals surface area contributed by atoms with Gasteiger partial charge in [-0.1, -0.05) is 0 Å². The molecule has 1 heterocycles. The van der Waals surface area contributed by atoms with E-state index in [-0.39, 0.29) is 18.3 Å². The average Bonchev–Trinajstić information content (AvgIpc) is 2.34. The fraction of sp³-hybridized carbons (Fsp3) is 0.667. The van der Waals surface area contributed by atoms with Crippen LogP contribution < -0.4 is 11.2 Å². The predicted molar refractivity (Wildman–Crippen MR) is 67.8 cm³/mol. The first-order chi connectivity index (χ1) is 8.58. The van der Waals surface area contributed by atoms with E-state index in [1.807, 2.05) is 6.92 Å². The molecule has 0 saturated heterocycles. The Morgan fingerprint density at radius 1 is 1.50 bits per heavy atom. The Bertz CT molecular complexity index is 478. The molecule has 1 rings (SSSR count). The number of hydrogen-bond donors (Lipinski definition) is 2. The minimum atomic E-state index is -0.400. The van der Waals surface area contributed by atoms with Gasteiger partial charge in [0, 0.05) is 24.9 Å². The number of aliphatic hydroxyl groups excluding tert-OH is 1. The highest BCUT2D eigenvalue weighted by molar-refractivity contribution is 5.00. The van der Waals surface area contributed by atoms with Gasteiger partial charge in [0.05, 0.1) is 12.7 Å². The van der Waals surface area contributed by atoms with Crippen LogP contribution in [0.25, 0.3) is 0 Å². The van der Waals surface area contributed by atoms with Gasteiger partial charge in [-0.05, 0) is 26.7 Å². The maximum absolute atomic E-state index is 11.5. The van der Waals surface area contributed by atoms with E-state index in [4.69, 9.17) is 9.84 Å². The van der Waals surface area contributed by atoms with Crippen molar-refractivity contribution < 1.29 is 9.84 Å². The van der Waals surface area contributed by atoms with Gasteiger partial charge in [-0.15, -0.1) is 0 Å². The van der Waals surface area contributed by atoms with Gasteiger partial charge in [-0.25, -0.2) is 4.79 Å². The Hall–Kier alpha value is -1.40. The van der Waals surface area contributed by atoms with E-state index in [9.17, 15) is 9.59 Å². The summed E-state index contributed by atoms with van der Waals surface area (Å²) in [5, 5.41) is 9.05. The Labute approximate surface area is 105 Å². The number of nitrogens with zero attached hydrogens (tertiary/aromatic N) is 1. The molecule has 1 aromatic heterocycles. The van der Waals surface area contributed by atoms with Crippen molar-refractivity contribution in [2.75, 3.05) is 13.2 Å². The fourth-order valence-corrected chi connectivity index (χ4v) is 1.74. The van der Waals surface area contributed by atoms with Crippen LogP contribution in [0.5, 0.6) is 0 Å². The highest BCUT2D eigenvalue weighted by Gasteiger charge is 2.07. The van der Waals surface area contributed by atoms with Gasteiger partial charge < -0.3 is 14.4 Å². The predicted octanol–water partition coefficient (Wildman–Crippen LogP) is 0.0226. The van der Waals surface area contributed by atoms with Crippen LogP contribution in [0.2, 0.25) is 0 Å². The average molecular weight is 256 g/mol. The lowest BCUT2D eigenvalue weighted by molar-refractivity contribution is 0.0133.